The molecule has 0 atom stereocenters. The molecule has 4 heteroatoms. The fourth-order valence-corrected chi connectivity index (χ4v) is 4.62. The summed E-state index contributed by atoms with van der Waals surface area (Å²) >= 11 is 3.64. The quantitative estimate of drug-likeness (QED) is 0.469. The Kier molecular flexibility index (Phi) is 4.96. The molecule has 0 bridgehead atoms. The van der Waals surface area contributed by atoms with E-state index in [9.17, 15) is 4.79 Å². The molecule has 1 N–H and O–H groups in total. The first-order chi connectivity index (χ1) is 12.6. The van der Waals surface area contributed by atoms with E-state index in [4.69, 9.17) is 0 Å². The molecule has 0 aliphatic heterocycles. The fraction of sp³-hybridized carbons (Fsp3) is 0.318. The number of halogens is 1. The zero-order chi connectivity index (χ0) is 18.1. The van der Waals surface area contributed by atoms with Gasteiger partial charge in [0.1, 0.15) is 0 Å². The summed E-state index contributed by atoms with van der Waals surface area (Å²) < 4.78 is 3.25. The van der Waals surface area contributed by atoms with Crippen molar-refractivity contribution < 1.29 is 4.79 Å². The Bertz CT molecular complexity index is 935. The molecule has 0 saturated heterocycles. The molecular weight excluding hydrogens is 388 g/mol. The van der Waals surface area contributed by atoms with Crippen LogP contribution in [0, 0.1) is 0 Å². The monoisotopic (exact) mass is 410 g/mol. The molecule has 1 aliphatic carbocycles. The SMILES string of the molecule is CC(=O)c1cn(CCCNC2Cc3ccccc3C2)c2c(Br)cccc12. The van der Waals surface area contributed by atoms with Gasteiger partial charge in [0.25, 0.3) is 0 Å². The van der Waals surface area contributed by atoms with E-state index in [0.29, 0.717) is 6.04 Å². The van der Waals surface area contributed by atoms with Crippen molar-refractivity contribution in [2.75, 3.05) is 6.54 Å². The lowest BCUT2D eigenvalue weighted by Gasteiger charge is -2.12. The number of carbonyl (C=O) groups excluding carboxylic acids is 1. The van der Waals surface area contributed by atoms with E-state index in [1.165, 1.54) is 11.1 Å². The van der Waals surface area contributed by atoms with Crippen LogP contribution in [0.5, 0.6) is 0 Å². The molecule has 1 aliphatic rings. The van der Waals surface area contributed by atoms with E-state index >= 15 is 0 Å². The second-order valence-electron chi connectivity index (χ2n) is 7.11. The van der Waals surface area contributed by atoms with Gasteiger partial charge >= 0.3 is 0 Å². The Labute approximate surface area is 162 Å². The van der Waals surface area contributed by atoms with Gasteiger partial charge in [-0.25, -0.2) is 0 Å². The molecule has 3 aromatic rings. The van der Waals surface area contributed by atoms with Crippen molar-refractivity contribution in [3.8, 4) is 0 Å². The van der Waals surface area contributed by atoms with Crippen LogP contribution in [0.1, 0.15) is 34.8 Å². The summed E-state index contributed by atoms with van der Waals surface area (Å²) in [6, 6.07) is 15.3. The smallest absolute Gasteiger partial charge is 0.161 e. The van der Waals surface area contributed by atoms with Crippen LogP contribution in [0.3, 0.4) is 0 Å². The number of hydrogen-bond acceptors (Lipinski definition) is 2. The predicted molar refractivity (Wildman–Crippen MR) is 110 cm³/mol. The van der Waals surface area contributed by atoms with E-state index in [1.54, 1.807) is 6.92 Å². The summed E-state index contributed by atoms with van der Waals surface area (Å²) in [5.41, 5.74) is 4.89. The number of rotatable bonds is 6. The van der Waals surface area contributed by atoms with Crippen LogP contribution >= 0.6 is 15.9 Å². The van der Waals surface area contributed by atoms with Crippen LogP contribution in [0.4, 0.5) is 0 Å². The van der Waals surface area contributed by atoms with E-state index in [0.717, 1.165) is 53.3 Å². The summed E-state index contributed by atoms with van der Waals surface area (Å²) in [6.45, 7) is 3.52. The number of aromatic nitrogens is 1. The molecule has 4 rings (SSSR count). The molecule has 0 radical (unpaired) electrons. The van der Waals surface area contributed by atoms with Crippen molar-refractivity contribution in [2.24, 2.45) is 0 Å². The lowest BCUT2D eigenvalue weighted by molar-refractivity contribution is 0.101. The molecule has 3 nitrogen and oxygen atoms in total. The highest BCUT2D eigenvalue weighted by Gasteiger charge is 2.20. The maximum Gasteiger partial charge on any atom is 0.161 e. The molecule has 0 fully saturated rings. The van der Waals surface area contributed by atoms with Crippen LogP contribution in [0.25, 0.3) is 10.9 Å². The summed E-state index contributed by atoms with van der Waals surface area (Å²) in [5.74, 6) is 0.119. The lowest BCUT2D eigenvalue weighted by atomic mass is 10.1. The molecule has 0 unspecified atom stereocenters. The zero-order valence-electron chi connectivity index (χ0n) is 15.0. The second-order valence-corrected chi connectivity index (χ2v) is 7.96. The Hall–Kier alpha value is -1.91. The first kappa shape index (κ1) is 17.5. The highest BCUT2D eigenvalue weighted by atomic mass is 79.9. The number of fused-ring (bicyclic) bond motifs is 2. The Balaban J connectivity index is 1.39. The maximum atomic E-state index is 12.0. The van der Waals surface area contributed by atoms with Crippen LogP contribution in [0.15, 0.2) is 53.1 Å². The number of hydrogen-bond donors (Lipinski definition) is 1. The van der Waals surface area contributed by atoms with Crippen molar-refractivity contribution >= 4 is 32.6 Å². The van der Waals surface area contributed by atoms with Gasteiger partial charge in [0.2, 0.25) is 0 Å². The zero-order valence-corrected chi connectivity index (χ0v) is 16.6. The minimum absolute atomic E-state index is 0.119. The van der Waals surface area contributed by atoms with Gasteiger partial charge in [-0.2, -0.15) is 0 Å². The van der Waals surface area contributed by atoms with E-state index < -0.39 is 0 Å². The maximum absolute atomic E-state index is 12.0. The highest BCUT2D eigenvalue weighted by Crippen LogP contribution is 2.29. The van der Waals surface area contributed by atoms with Crippen LogP contribution in [-0.2, 0) is 19.4 Å². The third-order valence-corrected chi connectivity index (χ3v) is 5.93. The first-order valence-electron chi connectivity index (χ1n) is 9.22. The number of ketones is 1. The molecular formula is C22H23BrN2O. The Morgan fingerprint density at radius 1 is 1.15 bits per heavy atom. The molecule has 0 spiro atoms. The van der Waals surface area contributed by atoms with Crippen molar-refractivity contribution in [1.82, 2.24) is 9.88 Å². The third-order valence-electron chi connectivity index (χ3n) is 5.29. The van der Waals surface area contributed by atoms with Crippen molar-refractivity contribution in [3.63, 3.8) is 0 Å². The minimum atomic E-state index is 0.119. The largest absolute Gasteiger partial charge is 0.346 e. The van der Waals surface area contributed by atoms with Crippen LogP contribution in [-0.4, -0.2) is 22.9 Å². The van der Waals surface area contributed by atoms with Crippen LogP contribution < -0.4 is 5.32 Å². The van der Waals surface area contributed by atoms with Gasteiger partial charge in [0.05, 0.1) is 5.52 Å². The first-order valence-corrected chi connectivity index (χ1v) is 10.0. The Morgan fingerprint density at radius 2 is 1.88 bits per heavy atom. The topological polar surface area (TPSA) is 34.0 Å². The van der Waals surface area contributed by atoms with Gasteiger partial charge < -0.3 is 9.88 Å². The van der Waals surface area contributed by atoms with Gasteiger partial charge in [-0.15, -0.1) is 0 Å². The molecule has 1 aromatic heterocycles. The average Bonchev–Trinajstić information content (AvgIpc) is 3.20. The lowest BCUT2D eigenvalue weighted by Crippen LogP contribution is -2.30. The molecule has 2 aromatic carbocycles. The number of Topliss-reactive ketones (excluding diaryl/α,β-unsaturated/α-hetero) is 1. The van der Waals surface area contributed by atoms with Gasteiger partial charge in [0.15, 0.2) is 5.78 Å². The third kappa shape index (κ3) is 3.36. The molecule has 0 saturated carbocycles. The second kappa shape index (κ2) is 7.37. The average molecular weight is 411 g/mol. The number of benzene rings is 2. The number of para-hydroxylation sites is 1. The summed E-state index contributed by atoms with van der Waals surface area (Å²) in [4.78, 5) is 12.0. The minimum Gasteiger partial charge on any atom is -0.346 e. The molecule has 26 heavy (non-hydrogen) atoms. The Morgan fingerprint density at radius 3 is 2.58 bits per heavy atom. The number of aryl methyl sites for hydroxylation is 1. The normalized spacial score (nSPS) is 14.1. The van der Waals surface area contributed by atoms with E-state index in [1.807, 2.05) is 24.4 Å². The fourth-order valence-electron chi connectivity index (χ4n) is 4.03. The number of carbonyl (C=O) groups is 1. The summed E-state index contributed by atoms with van der Waals surface area (Å²) in [5, 5.41) is 4.73. The van der Waals surface area contributed by atoms with Gasteiger partial charge in [0, 0.05) is 34.2 Å². The van der Waals surface area contributed by atoms with Crippen LogP contribution in [0.2, 0.25) is 0 Å². The summed E-state index contributed by atoms with van der Waals surface area (Å²) in [6.07, 6.45) is 5.30. The van der Waals surface area contributed by atoms with Crippen molar-refractivity contribution in [3.05, 3.63) is 69.8 Å². The van der Waals surface area contributed by atoms with Gasteiger partial charge in [-0.1, -0.05) is 36.4 Å². The van der Waals surface area contributed by atoms with Gasteiger partial charge in [-0.05, 0) is 65.9 Å². The standard InChI is InChI=1S/C22H23BrN2O/c1-15(26)20-14-25(22-19(20)8-4-9-21(22)23)11-5-10-24-18-12-16-6-2-3-7-17(16)13-18/h2-4,6-9,14,18,24H,5,10-13H2,1H3. The highest BCUT2D eigenvalue weighted by molar-refractivity contribution is 9.10. The van der Waals surface area contributed by atoms with Gasteiger partial charge in [-0.3, -0.25) is 4.79 Å². The predicted octanol–water partition coefficient (Wildman–Crippen LogP) is 4.75. The number of nitrogens with zero attached hydrogens (tertiary/aromatic N) is 1. The molecule has 0 amide bonds. The van der Waals surface area contributed by atoms with E-state index in [-0.39, 0.29) is 5.78 Å². The molecule has 134 valence electrons. The molecule has 1 heterocycles. The summed E-state index contributed by atoms with van der Waals surface area (Å²) in [7, 11) is 0. The van der Waals surface area contributed by atoms with Crippen molar-refractivity contribution in [2.45, 2.75) is 38.8 Å². The van der Waals surface area contributed by atoms with Crippen molar-refractivity contribution in [1.29, 1.82) is 0 Å². The number of nitrogens with one attached hydrogen (secondary N) is 1. The van der Waals surface area contributed by atoms with E-state index in [2.05, 4.69) is 50.1 Å².